The Morgan fingerprint density at radius 3 is 2.38 bits per heavy atom. The fourth-order valence-corrected chi connectivity index (χ4v) is 4.32. The lowest BCUT2D eigenvalue weighted by molar-refractivity contribution is 0.00752. The van der Waals surface area contributed by atoms with Gasteiger partial charge in [-0.15, -0.1) is 0 Å². The summed E-state index contributed by atoms with van der Waals surface area (Å²) in [6, 6.07) is 7.20. The van der Waals surface area contributed by atoms with Gasteiger partial charge < -0.3 is 15.4 Å². The van der Waals surface area contributed by atoms with Crippen molar-refractivity contribution in [1.29, 1.82) is 0 Å². The van der Waals surface area contributed by atoms with Crippen LogP contribution in [0.3, 0.4) is 0 Å². The van der Waals surface area contributed by atoms with E-state index in [-0.39, 0.29) is 11.4 Å². The topological polar surface area (TPSA) is 95.1 Å². The molecule has 1 aliphatic heterocycles. The van der Waals surface area contributed by atoms with Crippen LogP contribution in [0.4, 0.5) is 0 Å². The van der Waals surface area contributed by atoms with E-state index in [1.165, 1.54) is 0 Å². The highest BCUT2D eigenvalue weighted by molar-refractivity contribution is 7.89. The quantitative estimate of drug-likeness (QED) is 0.308. The third kappa shape index (κ3) is 7.58. The van der Waals surface area contributed by atoms with E-state index < -0.39 is 10.0 Å². The number of nitrogens with zero attached hydrogens (tertiary/aromatic N) is 2. The Morgan fingerprint density at radius 2 is 1.79 bits per heavy atom. The smallest absolute Gasteiger partial charge is 0.240 e. The van der Waals surface area contributed by atoms with E-state index in [1.807, 2.05) is 6.92 Å². The predicted molar refractivity (Wildman–Crippen MR) is 117 cm³/mol. The van der Waals surface area contributed by atoms with Gasteiger partial charge in [-0.2, -0.15) is 0 Å². The number of aryl methyl sites for hydroxylation is 1. The Labute approximate surface area is 175 Å². The molecule has 164 valence electrons. The van der Waals surface area contributed by atoms with E-state index in [9.17, 15) is 8.42 Å². The average Bonchev–Trinajstić information content (AvgIpc) is 2.70. The van der Waals surface area contributed by atoms with Gasteiger partial charge in [0.25, 0.3) is 0 Å². The molecule has 0 spiro atoms. The SMILES string of the molecule is CN=C(NCCNS(=O)(=O)c1ccc(C)cc1)NCC(C(C)C)N1CCOCC1. The third-order valence-corrected chi connectivity index (χ3v) is 6.50. The first-order valence-electron chi connectivity index (χ1n) is 10.2. The molecule has 0 aromatic heterocycles. The van der Waals surface area contributed by atoms with Gasteiger partial charge >= 0.3 is 0 Å². The van der Waals surface area contributed by atoms with Crippen molar-refractivity contribution in [3.8, 4) is 0 Å². The number of morpholine rings is 1. The van der Waals surface area contributed by atoms with Gasteiger partial charge in [0.15, 0.2) is 5.96 Å². The van der Waals surface area contributed by atoms with Crippen molar-refractivity contribution in [2.75, 3.05) is 53.0 Å². The highest BCUT2D eigenvalue weighted by Gasteiger charge is 2.23. The number of sulfonamides is 1. The van der Waals surface area contributed by atoms with E-state index in [0.29, 0.717) is 24.5 Å². The van der Waals surface area contributed by atoms with Crippen LogP contribution >= 0.6 is 0 Å². The minimum Gasteiger partial charge on any atom is -0.379 e. The van der Waals surface area contributed by atoms with E-state index in [2.05, 4.69) is 39.1 Å². The molecule has 0 saturated carbocycles. The van der Waals surface area contributed by atoms with Gasteiger partial charge in [0.2, 0.25) is 10.0 Å². The molecule has 1 aromatic carbocycles. The first-order chi connectivity index (χ1) is 13.8. The van der Waals surface area contributed by atoms with Gasteiger partial charge in [0, 0.05) is 45.8 Å². The standard InChI is InChI=1S/C20H35N5O3S/c1-16(2)19(25-11-13-28-14-12-25)15-23-20(21-4)22-9-10-24-29(26,27)18-7-5-17(3)6-8-18/h5-8,16,19,24H,9-15H2,1-4H3,(H2,21,22,23). The molecule has 0 bridgehead atoms. The lowest BCUT2D eigenvalue weighted by atomic mass is 10.0. The van der Waals surface area contributed by atoms with Gasteiger partial charge in [0.1, 0.15) is 0 Å². The zero-order valence-electron chi connectivity index (χ0n) is 17.9. The molecule has 1 aromatic rings. The summed E-state index contributed by atoms with van der Waals surface area (Å²) in [5.41, 5.74) is 1.03. The molecule has 0 radical (unpaired) electrons. The molecule has 0 amide bonds. The number of ether oxygens (including phenoxy) is 1. The summed E-state index contributed by atoms with van der Waals surface area (Å²) in [7, 11) is -1.79. The Balaban J connectivity index is 1.77. The van der Waals surface area contributed by atoms with Crippen LogP contribution in [0.2, 0.25) is 0 Å². The van der Waals surface area contributed by atoms with Crippen LogP contribution in [0.25, 0.3) is 0 Å². The van der Waals surface area contributed by atoms with Gasteiger partial charge in [-0.3, -0.25) is 9.89 Å². The summed E-state index contributed by atoms with van der Waals surface area (Å²) >= 11 is 0. The number of guanidine groups is 1. The van der Waals surface area contributed by atoms with Crippen molar-refractivity contribution in [1.82, 2.24) is 20.3 Å². The van der Waals surface area contributed by atoms with Gasteiger partial charge in [-0.25, -0.2) is 13.1 Å². The summed E-state index contributed by atoms with van der Waals surface area (Å²) in [5, 5.41) is 6.53. The van der Waals surface area contributed by atoms with E-state index >= 15 is 0 Å². The third-order valence-electron chi connectivity index (χ3n) is 5.03. The fraction of sp³-hybridized carbons (Fsp3) is 0.650. The average molecular weight is 426 g/mol. The lowest BCUT2D eigenvalue weighted by Crippen LogP contribution is -2.53. The van der Waals surface area contributed by atoms with Crippen molar-refractivity contribution in [3.05, 3.63) is 29.8 Å². The van der Waals surface area contributed by atoms with Crippen LogP contribution in [-0.4, -0.2) is 78.3 Å². The highest BCUT2D eigenvalue weighted by atomic mass is 32.2. The molecule has 1 heterocycles. The number of rotatable bonds is 9. The second kappa shape index (κ2) is 11.5. The maximum absolute atomic E-state index is 12.3. The summed E-state index contributed by atoms with van der Waals surface area (Å²) in [6.45, 7) is 11.3. The molecule has 1 aliphatic rings. The zero-order valence-corrected chi connectivity index (χ0v) is 18.8. The second-order valence-electron chi connectivity index (χ2n) is 7.55. The summed E-state index contributed by atoms with van der Waals surface area (Å²) < 4.78 is 32.7. The zero-order chi connectivity index (χ0) is 21.3. The molecule has 3 N–H and O–H groups in total. The lowest BCUT2D eigenvalue weighted by Gasteiger charge is -2.37. The number of nitrogens with one attached hydrogen (secondary N) is 3. The molecule has 1 saturated heterocycles. The number of aliphatic imine (C=N–C) groups is 1. The Morgan fingerprint density at radius 1 is 1.14 bits per heavy atom. The van der Waals surface area contributed by atoms with E-state index in [4.69, 9.17) is 4.74 Å². The molecule has 8 nitrogen and oxygen atoms in total. The van der Waals surface area contributed by atoms with Crippen molar-refractivity contribution in [3.63, 3.8) is 0 Å². The second-order valence-corrected chi connectivity index (χ2v) is 9.32. The Hall–Kier alpha value is -1.68. The maximum atomic E-state index is 12.3. The van der Waals surface area contributed by atoms with Crippen molar-refractivity contribution in [2.24, 2.45) is 10.9 Å². The molecule has 1 unspecified atom stereocenters. The van der Waals surface area contributed by atoms with Gasteiger partial charge in [0.05, 0.1) is 18.1 Å². The predicted octanol–water partition coefficient (Wildman–Crippen LogP) is 0.795. The number of hydrogen-bond donors (Lipinski definition) is 3. The highest BCUT2D eigenvalue weighted by Crippen LogP contribution is 2.12. The van der Waals surface area contributed by atoms with Gasteiger partial charge in [-0.05, 0) is 25.0 Å². The van der Waals surface area contributed by atoms with E-state index in [0.717, 1.165) is 38.4 Å². The first kappa shape index (κ1) is 23.6. The normalized spacial score (nSPS) is 17.3. The Bertz CT molecular complexity index is 744. The van der Waals surface area contributed by atoms with Crippen LogP contribution in [0.1, 0.15) is 19.4 Å². The van der Waals surface area contributed by atoms with Crippen molar-refractivity contribution >= 4 is 16.0 Å². The van der Waals surface area contributed by atoms with Crippen molar-refractivity contribution in [2.45, 2.75) is 31.7 Å². The van der Waals surface area contributed by atoms with Gasteiger partial charge in [-0.1, -0.05) is 31.5 Å². The summed E-state index contributed by atoms with van der Waals surface area (Å²) in [4.78, 5) is 6.96. The largest absolute Gasteiger partial charge is 0.379 e. The molecule has 2 rings (SSSR count). The maximum Gasteiger partial charge on any atom is 0.240 e. The monoisotopic (exact) mass is 425 g/mol. The van der Waals surface area contributed by atoms with Crippen molar-refractivity contribution < 1.29 is 13.2 Å². The van der Waals surface area contributed by atoms with Crippen LogP contribution in [0, 0.1) is 12.8 Å². The number of hydrogen-bond acceptors (Lipinski definition) is 5. The number of benzene rings is 1. The van der Waals surface area contributed by atoms with Crippen LogP contribution in [0.15, 0.2) is 34.2 Å². The molecular weight excluding hydrogens is 390 g/mol. The molecule has 0 aliphatic carbocycles. The molecule has 29 heavy (non-hydrogen) atoms. The molecule has 1 atom stereocenters. The Kier molecular flexibility index (Phi) is 9.35. The minimum atomic E-state index is -3.50. The first-order valence-corrected chi connectivity index (χ1v) is 11.6. The molecule has 1 fully saturated rings. The summed E-state index contributed by atoms with van der Waals surface area (Å²) in [5.74, 6) is 1.17. The molecule has 9 heteroatoms. The van der Waals surface area contributed by atoms with E-state index in [1.54, 1.807) is 31.3 Å². The fourth-order valence-electron chi connectivity index (χ4n) is 3.28. The minimum absolute atomic E-state index is 0.272. The molecular formula is C20H35N5O3S. The van der Waals surface area contributed by atoms with Crippen LogP contribution < -0.4 is 15.4 Å². The van der Waals surface area contributed by atoms with Crippen LogP contribution in [-0.2, 0) is 14.8 Å². The summed E-state index contributed by atoms with van der Waals surface area (Å²) in [6.07, 6.45) is 0. The van der Waals surface area contributed by atoms with Crippen LogP contribution in [0.5, 0.6) is 0 Å².